The first-order valence-electron chi connectivity index (χ1n) is 47.1. The summed E-state index contributed by atoms with van der Waals surface area (Å²) in [6.07, 6.45) is 115. The van der Waals surface area contributed by atoms with Crippen LogP contribution in [0.15, 0.2) is 146 Å². The smallest absolute Gasteiger partial charge is 0.463 e. The maximum atomic E-state index is 13.1. The zero-order valence-electron chi connectivity index (χ0n) is 74.3. The van der Waals surface area contributed by atoms with Crippen molar-refractivity contribution in [1.82, 2.24) is 0 Å². The Morgan fingerprint density at radius 3 is 0.718 bits per heavy atom. The quantitative estimate of drug-likeness (QED) is 0.0146. The summed E-state index contributed by atoms with van der Waals surface area (Å²) in [5, 5.41) is 20.7. The van der Waals surface area contributed by atoms with Gasteiger partial charge in [0.2, 0.25) is 0 Å². The van der Waals surface area contributed by atoms with Gasteiger partial charge in [-0.05, 0) is 148 Å². The normalized spacial score (nSPS) is 14.4. The fraction of sp³-hybridized carbons (Fsp3) is 0.727. The molecule has 0 spiro atoms. The molecule has 5 unspecified atom stereocenters. The number of phosphoric ester groups is 2. The second kappa shape index (κ2) is 90.7. The molecule has 16 nitrogen and oxygen atoms in total. The number of phosphoric acid groups is 2. The van der Waals surface area contributed by atoms with Crippen molar-refractivity contribution in [2.24, 2.45) is 0 Å². The number of carbonyl (C=O) groups is 3. The number of esters is 3. The van der Waals surface area contributed by atoms with E-state index in [0.717, 1.165) is 141 Å². The van der Waals surface area contributed by atoms with Crippen molar-refractivity contribution >= 4 is 33.6 Å². The van der Waals surface area contributed by atoms with Crippen LogP contribution in [-0.2, 0) is 55.8 Å². The van der Waals surface area contributed by atoms with Crippen LogP contribution in [0.5, 0.6) is 0 Å². The molecule has 0 aromatic heterocycles. The Labute approximate surface area is 715 Å². The van der Waals surface area contributed by atoms with E-state index in [4.69, 9.17) is 32.3 Å². The lowest BCUT2D eigenvalue weighted by molar-refractivity contribution is -0.161. The van der Waals surface area contributed by atoms with Crippen LogP contribution in [0.3, 0.4) is 0 Å². The Hall–Kier alpha value is -4.57. The Kier molecular flexibility index (Phi) is 87.1. The molecule has 0 amide bonds. The predicted octanol–water partition coefficient (Wildman–Crippen LogP) is 29.1. The number of ether oxygens (including phenoxy) is 3. The van der Waals surface area contributed by atoms with Crippen molar-refractivity contribution < 1.29 is 75.8 Å². The molecule has 18 heteroatoms. The highest BCUT2D eigenvalue weighted by atomic mass is 31.2. The van der Waals surface area contributed by atoms with Crippen LogP contribution >= 0.6 is 15.6 Å². The molecule has 674 valence electrons. The second-order valence-electron chi connectivity index (χ2n) is 31.4. The van der Waals surface area contributed by atoms with Gasteiger partial charge in [0.25, 0.3) is 0 Å². The number of rotatable bonds is 89. The van der Waals surface area contributed by atoms with Crippen LogP contribution in [0, 0.1) is 0 Å². The SMILES string of the molecule is CC/C=C\C/C=C\C/C=C\C/C=C\CCCCCCCCC(=O)OC(COC(=O)CCCCCCCCCCCCCCCCC/C=C\C/C=C\C/C=C\C/C=C\CCCCC)COP(=O)(O)OCC(O)COP(=O)(O)OCC(O)COC(=O)CCCCCCCCCCCCCCCCC/C=C\C/C=C\C/C=C\C/C=C\CCCCC. The third-order valence-electron chi connectivity index (χ3n) is 20.0. The minimum Gasteiger partial charge on any atom is -0.463 e. The van der Waals surface area contributed by atoms with Crippen LogP contribution in [0.2, 0.25) is 0 Å². The average Bonchev–Trinajstić information content (AvgIpc) is 0.898. The number of carbonyl (C=O) groups excluding carboxylic acids is 3. The summed E-state index contributed by atoms with van der Waals surface area (Å²) in [6.45, 7) is 2.55. The van der Waals surface area contributed by atoms with E-state index in [1.807, 2.05) is 0 Å². The van der Waals surface area contributed by atoms with Crippen molar-refractivity contribution in [3.63, 3.8) is 0 Å². The molecule has 0 bridgehead atoms. The van der Waals surface area contributed by atoms with Crippen LogP contribution in [-0.4, -0.2) is 95.9 Å². The van der Waals surface area contributed by atoms with Gasteiger partial charge in [-0.2, -0.15) is 0 Å². The molecule has 0 aromatic rings. The summed E-state index contributed by atoms with van der Waals surface area (Å²) in [5.74, 6) is -1.58. The summed E-state index contributed by atoms with van der Waals surface area (Å²) in [7, 11) is -9.81. The van der Waals surface area contributed by atoms with Crippen molar-refractivity contribution in [3.05, 3.63) is 146 Å². The van der Waals surface area contributed by atoms with Crippen molar-refractivity contribution in [2.75, 3.05) is 39.6 Å². The predicted molar refractivity (Wildman–Crippen MR) is 491 cm³/mol. The van der Waals surface area contributed by atoms with Gasteiger partial charge in [0.05, 0.1) is 26.4 Å². The minimum absolute atomic E-state index is 0.0865. The topological polar surface area (TPSA) is 231 Å². The van der Waals surface area contributed by atoms with E-state index in [0.29, 0.717) is 19.3 Å². The molecule has 5 atom stereocenters. The number of hydrogen-bond donors (Lipinski definition) is 4. The lowest BCUT2D eigenvalue weighted by Crippen LogP contribution is -2.30. The number of allylic oxidation sites excluding steroid dienone is 24. The average molecular weight is 1680 g/mol. The largest absolute Gasteiger partial charge is 0.472 e. The van der Waals surface area contributed by atoms with Crippen molar-refractivity contribution in [2.45, 2.75) is 424 Å². The lowest BCUT2D eigenvalue weighted by atomic mass is 10.0. The van der Waals surface area contributed by atoms with E-state index >= 15 is 0 Å². The Balaban J connectivity index is 4.54. The summed E-state index contributed by atoms with van der Waals surface area (Å²) >= 11 is 0. The maximum absolute atomic E-state index is 13.1. The summed E-state index contributed by atoms with van der Waals surface area (Å²) in [4.78, 5) is 59.0. The molecule has 0 heterocycles. The Morgan fingerprint density at radius 2 is 0.453 bits per heavy atom. The first-order valence-corrected chi connectivity index (χ1v) is 50.1. The third kappa shape index (κ3) is 92.0. The van der Waals surface area contributed by atoms with Gasteiger partial charge in [-0.3, -0.25) is 32.5 Å². The number of unbranched alkanes of at least 4 members (excludes halogenated alkanes) is 42. The van der Waals surface area contributed by atoms with E-state index in [1.165, 1.54) is 205 Å². The van der Waals surface area contributed by atoms with Crippen LogP contribution in [0.25, 0.3) is 0 Å². The minimum atomic E-state index is -4.95. The third-order valence-corrected chi connectivity index (χ3v) is 21.9. The second-order valence-corrected chi connectivity index (χ2v) is 34.3. The number of aliphatic hydroxyl groups excluding tert-OH is 2. The van der Waals surface area contributed by atoms with E-state index in [1.54, 1.807) is 0 Å². The maximum Gasteiger partial charge on any atom is 0.472 e. The summed E-state index contributed by atoms with van der Waals surface area (Å²) < 4.78 is 61.5. The van der Waals surface area contributed by atoms with Crippen LogP contribution < -0.4 is 0 Å². The highest BCUT2D eigenvalue weighted by Crippen LogP contribution is 2.45. The first kappa shape index (κ1) is 112. The van der Waals surface area contributed by atoms with Crippen LogP contribution in [0.4, 0.5) is 0 Å². The molecule has 0 aromatic carbocycles. The van der Waals surface area contributed by atoms with Gasteiger partial charge in [0.15, 0.2) is 6.10 Å². The summed E-state index contributed by atoms with van der Waals surface area (Å²) in [5.41, 5.74) is 0. The summed E-state index contributed by atoms with van der Waals surface area (Å²) in [6, 6.07) is 0. The van der Waals surface area contributed by atoms with Gasteiger partial charge in [-0.15, -0.1) is 0 Å². The van der Waals surface area contributed by atoms with Gasteiger partial charge in [-0.1, -0.05) is 385 Å². The monoisotopic (exact) mass is 1680 g/mol. The number of aliphatic hydroxyl groups is 2. The highest BCUT2D eigenvalue weighted by molar-refractivity contribution is 7.47. The molecule has 0 saturated heterocycles. The molecule has 0 aliphatic carbocycles. The van der Waals surface area contributed by atoms with Gasteiger partial charge in [0.1, 0.15) is 25.4 Å². The molecular formula is C99H172O16P2. The Morgan fingerprint density at radius 1 is 0.248 bits per heavy atom. The van der Waals surface area contributed by atoms with E-state index in [2.05, 4.69) is 167 Å². The Bertz CT molecular complexity index is 2710. The highest BCUT2D eigenvalue weighted by Gasteiger charge is 2.30. The molecule has 0 radical (unpaired) electrons. The number of hydrogen-bond acceptors (Lipinski definition) is 14. The van der Waals surface area contributed by atoms with E-state index < -0.39 is 91.5 Å². The molecule has 0 fully saturated rings. The van der Waals surface area contributed by atoms with E-state index in [-0.39, 0.29) is 19.3 Å². The lowest BCUT2D eigenvalue weighted by Gasteiger charge is -2.21. The van der Waals surface area contributed by atoms with Crippen LogP contribution in [0.1, 0.15) is 406 Å². The zero-order valence-corrected chi connectivity index (χ0v) is 76.1. The molecule has 0 saturated carbocycles. The van der Waals surface area contributed by atoms with Crippen molar-refractivity contribution in [3.8, 4) is 0 Å². The molecule has 0 aliphatic heterocycles. The van der Waals surface area contributed by atoms with Gasteiger partial charge < -0.3 is 34.2 Å². The van der Waals surface area contributed by atoms with E-state index in [9.17, 15) is 43.5 Å². The fourth-order valence-corrected chi connectivity index (χ4v) is 14.5. The first-order chi connectivity index (χ1) is 57.2. The molecule has 0 aliphatic rings. The molecule has 0 rings (SSSR count). The van der Waals surface area contributed by atoms with Gasteiger partial charge >= 0.3 is 33.6 Å². The standard InChI is InChI=1S/C99H172O16P2/c1-4-7-10-13-16-19-22-25-28-31-34-36-38-40-42-44-46-48-50-52-54-56-59-61-64-67-70-73-76-79-82-85-97(102)109-88-94(100)89-111-116(105,106)112-90-95(101)91-113-117(107,108)114-93-96(115-99(104)87-84-81-78-75-72-69-66-63-58-33-30-27-24-21-18-15-12-9-6-3)92-110-98(103)86-83-80-77-74-71-68-65-62-60-57-55-53-51-49-47-45-43-41-39-37-35-32-29-26-23-20-17-14-11-8-5-2/h9,12,16-21,25-30,34-37,40-43,58,63,94-96,100-101H,4-8,10-11,13-15,22-24,31-33,38-39,44-57,59-62,64-93H2,1-3H3,(H,105,106)(H,107,108)/b12-9-,19-16-,20-17-,21-18-,28-25-,29-26-,30-27-,36-34-,37-35-,42-40-,43-41-,63-58-. The van der Waals surface area contributed by atoms with Gasteiger partial charge in [-0.25, -0.2) is 9.13 Å². The zero-order chi connectivity index (χ0) is 85.1. The van der Waals surface area contributed by atoms with Crippen molar-refractivity contribution in [1.29, 1.82) is 0 Å². The molecular weight excluding hydrogens is 1510 g/mol. The molecule has 4 N–H and O–H groups in total. The molecule has 117 heavy (non-hydrogen) atoms. The fourth-order valence-electron chi connectivity index (χ4n) is 12.9. The van der Waals surface area contributed by atoms with Gasteiger partial charge in [0, 0.05) is 19.3 Å².